The molecule has 3 rings (SSSR count). The molecule has 110 valence electrons. The van der Waals surface area contributed by atoms with Crippen molar-refractivity contribution in [3.63, 3.8) is 0 Å². The number of nitrogens with two attached hydrogens (primary N) is 1. The maximum atomic E-state index is 6.14. The molecule has 21 heavy (non-hydrogen) atoms. The second-order valence-electron chi connectivity index (χ2n) is 5.66. The summed E-state index contributed by atoms with van der Waals surface area (Å²) in [5.74, 6) is 0.913. The number of fused-ring (bicyclic) bond motifs is 1. The normalized spacial score (nSPS) is 16.3. The van der Waals surface area contributed by atoms with E-state index in [0.29, 0.717) is 6.04 Å². The summed E-state index contributed by atoms with van der Waals surface area (Å²) in [6.07, 6.45) is 1.06. The zero-order chi connectivity index (χ0) is 14.8. The van der Waals surface area contributed by atoms with E-state index in [0.717, 1.165) is 30.9 Å². The summed E-state index contributed by atoms with van der Waals surface area (Å²) < 4.78 is 5.33. The number of benzene rings is 2. The molecule has 1 aliphatic rings. The van der Waals surface area contributed by atoms with Gasteiger partial charge in [-0.25, -0.2) is 0 Å². The summed E-state index contributed by atoms with van der Waals surface area (Å²) in [6.45, 7) is 4.23. The Labute approximate surface area is 126 Å². The van der Waals surface area contributed by atoms with Crippen molar-refractivity contribution in [3.8, 4) is 5.75 Å². The van der Waals surface area contributed by atoms with Gasteiger partial charge in [-0.15, -0.1) is 0 Å². The van der Waals surface area contributed by atoms with E-state index in [1.165, 1.54) is 16.7 Å². The van der Waals surface area contributed by atoms with Crippen LogP contribution in [0.25, 0.3) is 0 Å². The highest BCUT2D eigenvalue weighted by Gasteiger charge is 2.23. The average Bonchev–Trinajstić information content (AvgIpc) is 2.54. The molecule has 0 radical (unpaired) electrons. The third-order valence-electron chi connectivity index (χ3n) is 4.46. The summed E-state index contributed by atoms with van der Waals surface area (Å²) in [5.41, 5.74) is 11.0. The molecule has 0 spiro atoms. The fourth-order valence-corrected chi connectivity index (χ4v) is 3.07. The number of anilines is 1. The molecule has 0 saturated carbocycles. The van der Waals surface area contributed by atoms with Crippen LogP contribution in [0.1, 0.15) is 29.7 Å². The number of hydrogen-bond donors (Lipinski definition) is 1. The standard InChI is InChI=1S/C18H22N2O/c1-13(15-6-3-7-16(11-15)21-2)20-10-9-14-5-4-8-18(19)17(14)12-20/h3-8,11,13H,9-10,12,19H2,1-2H3. The minimum Gasteiger partial charge on any atom is -0.497 e. The van der Waals surface area contributed by atoms with E-state index < -0.39 is 0 Å². The van der Waals surface area contributed by atoms with Gasteiger partial charge in [0, 0.05) is 24.8 Å². The Bertz CT molecular complexity index is 639. The lowest BCUT2D eigenvalue weighted by Gasteiger charge is -2.34. The van der Waals surface area contributed by atoms with Crippen LogP contribution in [0.15, 0.2) is 42.5 Å². The number of nitrogen functional groups attached to an aromatic ring is 1. The van der Waals surface area contributed by atoms with E-state index in [4.69, 9.17) is 10.5 Å². The van der Waals surface area contributed by atoms with Crippen LogP contribution in [0.3, 0.4) is 0 Å². The van der Waals surface area contributed by atoms with Crippen molar-refractivity contribution in [2.24, 2.45) is 0 Å². The van der Waals surface area contributed by atoms with E-state index in [1.807, 2.05) is 12.1 Å². The van der Waals surface area contributed by atoms with Crippen molar-refractivity contribution >= 4 is 5.69 Å². The van der Waals surface area contributed by atoms with Crippen molar-refractivity contribution in [2.45, 2.75) is 25.9 Å². The summed E-state index contributed by atoms with van der Waals surface area (Å²) in [7, 11) is 1.71. The Balaban J connectivity index is 1.83. The first-order chi connectivity index (χ1) is 10.2. The number of hydrogen-bond acceptors (Lipinski definition) is 3. The lowest BCUT2D eigenvalue weighted by atomic mass is 9.95. The topological polar surface area (TPSA) is 38.5 Å². The third-order valence-corrected chi connectivity index (χ3v) is 4.46. The number of rotatable bonds is 3. The summed E-state index contributed by atoms with van der Waals surface area (Å²) in [6, 6.07) is 14.9. The van der Waals surface area contributed by atoms with Gasteiger partial charge in [0.1, 0.15) is 5.75 Å². The Morgan fingerprint density at radius 1 is 1.19 bits per heavy atom. The van der Waals surface area contributed by atoms with Crippen LogP contribution in [-0.2, 0) is 13.0 Å². The van der Waals surface area contributed by atoms with Gasteiger partial charge >= 0.3 is 0 Å². The monoisotopic (exact) mass is 282 g/mol. The first kappa shape index (κ1) is 14.0. The Morgan fingerprint density at radius 2 is 2.00 bits per heavy atom. The zero-order valence-electron chi connectivity index (χ0n) is 12.7. The quantitative estimate of drug-likeness (QED) is 0.877. The number of ether oxygens (including phenoxy) is 1. The first-order valence-electron chi connectivity index (χ1n) is 7.43. The maximum absolute atomic E-state index is 6.14. The molecule has 0 amide bonds. The van der Waals surface area contributed by atoms with Gasteiger partial charge in [0.05, 0.1) is 7.11 Å². The molecule has 2 N–H and O–H groups in total. The van der Waals surface area contributed by atoms with Crippen LogP contribution in [0.2, 0.25) is 0 Å². The molecule has 3 nitrogen and oxygen atoms in total. The molecule has 1 unspecified atom stereocenters. The smallest absolute Gasteiger partial charge is 0.119 e. The second-order valence-corrected chi connectivity index (χ2v) is 5.66. The molecule has 0 aliphatic carbocycles. The second kappa shape index (κ2) is 5.78. The molecule has 0 saturated heterocycles. The van der Waals surface area contributed by atoms with Gasteiger partial charge in [0.25, 0.3) is 0 Å². The highest BCUT2D eigenvalue weighted by atomic mass is 16.5. The molecule has 2 aromatic carbocycles. The van der Waals surface area contributed by atoms with Crippen molar-refractivity contribution < 1.29 is 4.74 Å². The van der Waals surface area contributed by atoms with E-state index in [9.17, 15) is 0 Å². The van der Waals surface area contributed by atoms with E-state index in [1.54, 1.807) is 7.11 Å². The van der Waals surface area contributed by atoms with E-state index >= 15 is 0 Å². The summed E-state index contributed by atoms with van der Waals surface area (Å²) in [5, 5.41) is 0. The van der Waals surface area contributed by atoms with E-state index in [2.05, 4.69) is 42.2 Å². The number of nitrogens with zero attached hydrogens (tertiary/aromatic N) is 1. The van der Waals surface area contributed by atoms with Crippen molar-refractivity contribution in [2.75, 3.05) is 19.4 Å². The summed E-state index contributed by atoms with van der Waals surface area (Å²) in [4.78, 5) is 2.48. The molecular formula is C18H22N2O. The van der Waals surface area contributed by atoms with E-state index in [-0.39, 0.29) is 0 Å². The predicted molar refractivity (Wildman–Crippen MR) is 86.4 cm³/mol. The molecular weight excluding hydrogens is 260 g/mol. The van der Waals surface area contributed by atoms with Gasteiger partial charge in [-0.1, -0.05) is 24.3 Å². The molecule has 2 aromatic rings. The van der Waals surface area contributed by atoms with Crippen molar-refractivity contribution in [3.05, 3.63) is 59.2 Å². The van der Waals surface area contributed by atoms with Crippen LogP contribution < -0.4 is 10.5 Å². The molecule has 0 bridgehead atoms. The van der Waals surface area contributed by atoms with Gasteiger partial charge in [0.2, 0.25) is 0 Å². The average molecular weight is 282 g/mol. The van der Waals surface area contributed by atoms with Crippen LogP contribution in [0.5, 0.6) is 5.75 Å². The maximum Gasteiger partial charge on any atom is 0.119 e. The summed E-state index contributed by atoms with van der Waals surface area (Å²) >= 11 is 0. The molecule has 3 heteroatoms. The van der Waals surface area contributed by atoms with Gasteiger partial charge in [-0.3, -0.25) is 4.90 Å². The molecule has 0 aromatic heterocycles. The minimum absolute atomic E-state index is 0.354. The Kier molecular flexibility index (Phi) is 3.84. The van der Waals surface area contributed by atoms with Crippen molar-refractivity contribution in [1.29, 1.82) is 0 Å². The fraction of sp³-hybridized carbons (Fsp3) is 0.333. The van der Waals surface area contributed by atoms with Crippen LogP contribution in [0, 0.1) is 0 Å². The van der Waals surface area contributed by atoms with Gasteiger partial charge < -0.3 is 10.5 Å². The molecule has 1 heterocycles. The zero-order valence-corrected chi connectivity index (χ0v) is 12.7. The number of methoxy groups -OCH3 is 1. The highest BCUT2D eigenvalue weighted by molar-refractivity contribution is 5.51. The minimum atomic E-state index is 0.354. The third kappa shape index (κ3) is 2.74. The highest BCUT2D eigenvalue weighted by Crippen LogP contribution is 2.31. The molecule has 1 aliphatic heterocycles. The Hall–Kier alpha value is -2.00. The Morgan fingerprint density at radius 3 is 2.81 bits per heavy atom. The lowest BCUT2D eigenvalue weighted by Crippen LogP contribution is -2.33. The SMILES string of the molecule is COc1cccc(C(C)N2CCc3cccc(N)c3C2)c1. The van der Waals surface area contributed by atoms with Crippen molar-refractivity contribution in [1.82, 2.24) is 4.90 Å². The van der Waals surface area contributed by atoms with Gasteiger partial charge in [-0.05, 0) is 48.2 Å². The van der Waals surface area contributed by atoms with Crippen LogP contribution in [0.4, 0.5) is 5.69 Å². The van der Waals surface area contributed by atoms with Crippen LogP contribution >= 0.6 is 0 Å². The molecule has 0 fully saturated rings. The fourth-order valence-electron chi connectivity index (χ4n) is 3.07. The lowest BCUT2D eigenvalue weighted by molar-refractivity contribution is 0.192. The first-order valence-corrected chi connectivity index (χ1v) is 7.43. The molecule has 1 atom stereocenters. The largest absolute Gasteiger partial charge is 0.497 e. The van der Waals surface area contributed by atoms with Gasteiger partial charge in [0.15, 0.2) is 0 Å². The van der Waals surface area contributed by atoms with Gasteiger partial charge in [-0.2, -0.15) is 0 Å². The van der Waals surface area contributed by atoms with Crippen LogP contribution in [-0.4, -0.2) is 18.6 Å². The predicted octanol–water partition coefficient (Wildman–Crippen LogP) is 3.40.